The Balaban J connectivity index is 1.57. The summed E-state index contributed by atoms with van der Waals surface area (Å²) in [7, 11) is 0. The molecule has 2 aromatic rings. The minimum atomic E-state index is 0.00654. The fraction of sp³-hybridized carbons (Fsp3) is 0.421. The number of H-pyrrole nitrogens is 1. The van der Waals surface area contributed by atoms with Crippen LogP contribution in [0, 0.1) is 5.92 Å². The maximum atomic E-state index is 12.4. The third-order valence-electron chi connectivity index (χ3n) is 5.00. The van der Waals surface area contributed by atoms with Crippen molar-refractivity contribution in [1.29, 1.82) is 0 Å². The molecule has 1 unspecified atom stereocenters. The minimum Gasteiger partial charge on any atom is -0.306 e. The van der Waals surface area contributed by atoms with Crippen molar-refractivity contribution in [3.63, 3.8) is 0 Å². The first-order chi connectivity index (χ1) is 11.8. The molecule has 124 valence electrons. The Kier molecular flexibility index (Phi) is 4.26. The van der Waals surface area contributed by atoms with Crippen LogP contribution in [0.3, 0.4) is 0 Å². The van der Waals surface area contributed by atoms with Gasteiger partial charge >= 0.3 is 0 Å². The largest absolute Gasteiger partial charge is 0.306 e. The molecule has 4 rings (SSSR count). The molecule has 0 radical (unpaired) electrons. The Bertz CT molecular complexity index is 797. The Hall–Kier alpha value is -2.27. The number of rotatable bonds is 3. The van der Waals surface area contributed by atoms with Gasteiger partial charge in [-0.05, 0) is 43.7 Å². The molecule has 0 saturated heterocycles. The zero-order chi connectivity index (χ0) is 16.4. The summed E-state index contributed by atoms with van der Waals surface area (Å²) in [6, 6.07) is 3.75. The van der Waals surface area contributed by atoms with Crippen LogP contribution in [0.5, 0.6) is 0 Å². The second-order valence-corrected chi connectivity index (χ2v) is 6.71. The lowest BCUT2D eigenvalue weighted by atomic mass is 9.93. The van der Waals surface area contributed by atoms with Gasteiger partial charge < -0.3 is 4.98 Å². The molecule has 2 aliphatic rings. The number of nitrogens with zero attached hydrogens (tertiary/aromatic N) is 3. The smallest absolute Gasteiger partial charge is 0.254 e. The lowest BCUT2D eigenvalue weighted by molar-refractivity contribution is 0.203. The third kappa shape index (κ3) is 3.17. The van der Waals surface area contributed by atoms with Crippen LogP contribution in [-0.2, 0) is 13.0 Å². The number of nitrogens with one attached hydrogen (secondary N) is 1. The van der Waals surface area contributed by atoms with Gasteiger partial charge in [-0.25, -0.2) is 4.98 Å². The van der Waals surface area contributed by atoms with Crippen molar-refractivity contribution >= 4 is 0 Å². The SMILES string of the molecule is O=c1[nH]c(-c2ccncc2)nc2c1CCN(CC1CC=CCC1)C2. The van der Waals surface area contributed by atoms with Crippen molar-refractivity contribution in [2.24, 2.45) is 5.92 Å². The highest BCUT2D eigenvalue weighted by atomic mass is 16.1. The van der Waals surface area contributed by atoms with Crippen LogP contribution in [0.25, 0.3) is 11.4 Å². The Morgan fingerprint density at radius 1 is 1.25 bits per heavy atom. The number of fused-ring (bicyclic) bond motifs is 1. The van der Waals surface area contributed by atoms with Gasteiger partial charge in [-0.15, -0.1) is 0 Å². The van der Waals surface area contributed by atoms with E-state index in [1.54, 1.807) is 12.4 Å². The Morgan fingerprint density at radius 3 is 2.92 bits per heavy atom. The van der Waals surface area contributed by atoms with Crippen LogP contribution in [-0.4, -0.2) is 32.9 Å². The van der Waals surface area contributed by atoms with E-state index in [1.165, 1.54) is 19.3 Å². The molecule has 24 heavy (non-hydrogen) atoms. The predicted octanol–water partition coefficient (Wildman–Crippen LogP) is 2.55. The highest BCUT2D eigenvalue weighted by molar-refractivity contribution is 5.54. The van der Waals surface area contributed by atoms with Crippen LogP contribution in [0.2, 0.25) is 0 Å². The fourth-order valence-corrected chi connectivity index (χ4v) is 3.68. The van der Waals surface area contributed by atoms with Crippen LogP contribution < -0.4 is 5.56 Å². The second kappa shape index (κ2) is 6.69. The molecule has 2 aromatic heterocycles. The van der Waals surface area contributed by atoms with E-state index in [1.807, 2.05) is 12.1 Å². The Labute approximate surface area is 141 Å². The van der Waals surface area contributed by atoms with Gasteiger partial charge in [-0.2, -0.15) is 0 Å². The van der Waals surface area contributed by atoms with Gasteiger partial charge in [-0.3, -0.25) is 14.7 Å². The average molecular weight is 322 g/mol. The number of aromatic amines is 1. The van der Waals surface area contributed by atoms with Gasteiger partial charge in [0.2, 0.25) is 0 Å². The molecule has 0 spiro atoms. The van der Waals surface area contributed by atoms with Crippen LogP contribution in [0.15, 0.2) is 41.5 Å². The summed E-state index contributed by atoms with van der Waals surface area (Å²) in [6.45, 7) is 2.83. The zero-order valence-electron chi connectivity index (χ0n) is 13.7. The molecule has 1 aliphatic carbocycles. The van der Waals surface area contributed by atoms with Crippen molar-refractivity contribution < 1.29 is 0 Å². The van der Waals surface area contributed by atoms with Crippen LogP contribution >= 0.6 is 0 Å². The second-order valence-electron chi connectivity index (χ2n) is 6.71. The minimum absolute atomic E-state index is 0.00654. The van der Waals surface area contributed by atoms with Gasteiger partial charge in [0, 0.05) is 43.2 Å². The van der Waals surface area contributed by atoms with E-state index in [2.05, 4.69) is 27.0 Å². The van der Waals surface area contributed by atoms with Gasteiger partial charge in [0.15, 0.2) is 0 Å². The lowest BCUT2D eigenvalue weighted by Gasteiger charge is -2.31. The summed E-state index contributed by atoms with van der Waals surface area (Å²) in [6.07, 6.45) is 12.4. The number of aromatic nitrogens is 3. The molecular weight excluding hydrogens is 300 g/mol. The highest BCUT2D eigenvalue weighted by Gasteiger charge is 2.23. The number of pyridine rings is 1. The van der Waals surface area contributed by atoms with E-state index in [0.29, 0.717) is 5.82 Å². The standard InChI is InChI=1S/C19H22N4O/c24-19-16-8-11-23(12-14-4-2-1-3-5-14)13-17(16)21-18(22-19)15-6-9-20-10-7-15/h1-2,6-7,9-10,14H,3-5,8,11-13H2,(H,21,22,24). The first kappa shape index (κ1) is 15.3. The van der Waals surface area contributed by atoms with E-state index >= 15 is 0 Å². The number of hydrogen-bond acceptors (Lipinski definition) is 4. The summed E-state index contributed by atoms with van der Waals surface area (Å²) in [4.78, 5) is 26.6. The van der Waals surface area contributed by atoms with Gasteiger partial charge in [-0.1, -0.05) is 12.2 Å². The van der Waals surface area contributed by atoms with Gasteiger partial charge in [0.25, 0.3) is 5.56 Å². The summed E-state index contributed by atoms with van der Waals surface area (Å²) in [5.41, 5.74) is 2.70. The molecular formula is C19H22N4O. The van der Waals surface area contributed by atoms with Crippen molar-refractivity contribution in [3.05, 3.63) is 58.3 Å². The van der Waals surface area contributed by atoms with E-state index in [-0.39, 0.29) is 5.56 Å². The molecule has 0 bridgehead atoms. The van der Waals surface area contributed by atoms with Crippen molar-refractivity contribution in [1.82, 2.24) is 19.9 Å². The number of allylic oxidation sites excluding steroid dienone is 2. The number of hydrogen-bond donors (Lipinski definition) is 1. The molecule has 0 fully saturated rings. The molecule has 3 heterocycles. The first-order valence-electron chi connectivity index (χ1n) is 8.69. The van der Waals surface area contributed by atoms with Crippen LogP contribution in [0.4, 0.5) is 0 Å². The zero-order valence-corrected chi connectivity index (χ0v) is 13.7. The molecule has 1 atom stereocenters. The molecule has 0 amide bonds. The fourth-order valence-electron chi connectivity index (χ4n) is 3.68. The predicted molar refractivity (Wildman–Crippen MR) is 93.6 cm³/mol. The summed E-state index contributed by atoms with van der Waals surface area (Å²) in [5, 5.41) is 0. The normalized spacial score (nSPS) is 20.8. The summed E-state index contributed by atoms with van der Waals surface area (Å²) >= 11 is 0. The van der Waals surface area contributed by atoms with Gasteiger partial charge in [0.05, 0.1) is 5.69 Å². The average Bonchev–Trinajstić information content (AvgIpc) is 2.63. The lowest BCUT2D eigenvalue weighted by Crippen LogP contribution is -2.38. The molecule has 1 aliphatic heterocycles. The van der Waals surface area contributed by atoms with Crippen LogP contribution in [0.1, 0.15) is 30.5 Å². The quantitative estimate of drug-likeness (QED) is 0.882. The Morgan fingerprint density at radius 2 is 2.12 bits per heavy atom. The highest BCUT2D eigenvalue weighted by Crippen LogP contribution is 2.23. The van der Waals surface area contributed by atoms with E-state index in [4.69, 9.17) is 4.98 Å². The first-order valence-corrected chi connectivity index (χ1v) is 8.69. The molecule has 1 N–H and O–H groups in total. The van der Waals surface area contributed by atoms with E-state index in [0.717, 1.165) is 48.8 Å². The topological polar surface area (TPSA) is 61.9 Å². The maximum Gasteiger partial charge on any atom is 0.254 e. The van der Waals surface area contributed by atoms with Crippen molar-refractivity contribution in [2.75, 3.05) is 13.1 Å². The molecule has 5 nitrogen and oxygen atoms in total. The summed E-state index contributed by atoms with van der Waals surface area (Å²) in [5.74, 6) is 1.38. The van der Waals surface area contributed by atoms with E-state index in [9.17, 15) is 4.79 Å². The molecule has 5 heteroatoms. The van der Waals surface area contributed by atoms with Crippen molar-refractivity contribution in [3.8, 4) is 11.4 Å². The maximum absolute atomic E-state index is 12.4. The van der Waals surface area contributed by atoms with Crippen molar-refractivity contribution in [2.45, 2.75) is 32.2 Å². The monoisotopic (exact) mass is 322 g/mol. The molecule has 0 aromatic carbocycles. The van der Waals surface area contributed by atoms with Gasteiger partial charge in [0.1, 0.15) is 5.82 Å². The molecule has 0 saturated carbocycles. The summed E-state index contributed by atoms with van der Waals surface area (Å²) < 4.78 is 0. The van der Waals surface area contributed by atoms with E-state index < -0.39 is 0 Å². The third-order valence-corrected chi connectivity index (χ3v) is 5.00.